The number of piperidine rings is 2. The van der Waals surface area contributed by atoms with Crippen LogP contribution >= 0.6 is 0 Å². The van der Waals surface area contributed by atoms with Crippen LogP contribution in [0.15, 0.2) is 24.3 Å². The lowest BCUT2D eigenvalue weighted by Crippen LogP contribution is -2.60. The maximum absolute atomic E-state index is 12.2. The maximum Gasteiger partial charge on any atom is 0.321 e. The van der Waals surface area contributed by atoms with Gasteiger partial charge in [-0.2, -0.15) is 0 Å². The van der Waals surface area contributed by atoms with Crippen LogP contribution in [0.4, 0.5) is 0 Å². The number of rotatable bonds is 8. The number of carboxylic acids is 2. The number of hydrogen-bond acceptors (Lipinski definition) is 4. The minimum Gasteiger partial charge on any atom is -0.480 e. The lowest BCUT2D eigenvalue weighted by Gasteiger charge is -2.52. The third-order valence-corrected chi connectivity index (χ3v) is 7.32. The number of allylic oxidation sites excluding steroid dienone is 3. The molecule has 2 aliphatic rings. The first-order valence-corrected chi connectivity index (χ1v) is 12.2. The zero-order chi connectivity index (χ0) is 25.5. The van der Waals surface area contributed by atoms with E-state index >= 15 is 0 Å². The summed E-state index contributed by atoms with van der Waals surface area (Å²) in [6.07, 6.45) is 6.98. The van der Waals surface area contributed by atoms with E-state index < -0.39 is 17.4 Å². The zero-order valence-corrected chi connectivity index (χ0v) is 22.0. The number of aliphatic carboxylic acids is 2. The Hall–Kier alpha value is -1.66. The molecule has 0 spiro atoms. The van der Waals surface area contributed by atoms with Crippen molar-refractivity contribution in [3.8, 4) is 0 Å². The van der Waals surface area contributed by atoms with Crippen LogP contribution in [0.25, 0.3) is 0 Å². The average molecular weight is 463 g/mol. The van der Waals surface area contributed by atoms with Crippen LogP contribution in [0.1, 0.15) is 93.9 Å². The summed E-state index contributed by atoms with van der Waals surface area (Å²) in [7, 11) is 0. The van der Waals surface area contributed by atoms with Gasteiger partial charge in [-0.1, -0.05) is 17.7 Å². The van der Waals surface area contributed by atoms with Crippen molar-refractivity contribution in [3.63, 3.8) is 0 Å². The van der Waals surface area contributed by atoms with Gasteiger partial charge in [0.1, 0.15) is 0 Å². The van der Waals surface area contributed by atoms with Crippen molar-refractivity contribution in [2.75, 3.05) is 0 Å². The molecule has 0 unspecified atom stereocenters. The Kier molecular flexibility index (Phi) is 7.67. The topological polar surface area (TPSA) is 98.7 Å². The SMILES string of the molecule is C=CCC(CC=C(C1CC(C)(C)NC(C)(C)C1)C1CC(C)(C)NC(C)(C)C1)(C(=O)O)C(=O)O. The third kappa shape index (κ3) is 6.69. The molecule has 0 amide bonds. The van der Waals surface area contributed by atoms with Gasteiger partial charge in [-0.25, -0.2) is 0 Å². The quantitative estimate of drug-likeness (QED) is 0.294. The molecule has 2 heterocycles. The molecular weight excluding hydrogens is 416 g/mol. The summed E-state index contributed by atoms with van der Waals surface area (Å²) in [5.41, 5.74) is -0.926. The van der Waals surface area contributed by atoms with E-state index in [1.54, 1.807) is 0 Å². The van der Waals surface area contributed by atoms with Crippen LogP contribution < -0.4 is 10.6 Å². The normalized spacial score (nSPS) is 24.6. The van der Waals surface area contributed by atoms with E-state index in [1.807, 2.05) is 6.08 Å². The summed E-state index contributed by atoms with van der Waals surface area (Å²) in [6, 6.07) is 0. The largest absolute Gasteiger partial charge is 0.480 e. The van der Waals surface area contributed by atoms with Crippen LogP contribution in [0.3, 0.4) is 0 Å². The molecule has 0 radical (unpaired) electrons. The molecule has 2 saturated heterocycles. The molecule has 4 N–H and O–H groups in total. The maximum atomic E-state index is 12.2. The second-order valence-corrected chi connectivity index (χ2v) is 13.1. The number of carboxylic acid groups (broad SMARTS) is 2. The summed E-state index contributed by atoms with van der Waals surface area (Å²) in [5, 5.41) is 27.3. The van der Waals surface area contributed by atoms with Gasteiger partial charge in [0.2, 0.25) is 0 Å². The van der Waals surface area contributed by atoms with Crippen LogP contribution in [0.5, 0.6) is 0 Å². The predicted octanol–water partition coefficient (Wildman–Crippen LogP) is 5.15. The van der Waals surface area contributed by atoms with Crippen molar-refractivity contribution in [1.82, 2.24) is 10.6 Å². The van der Waals surface area contributed by atoms with Crippen LogP contribution in [0, 0.1) is 17.3 Å². The van der Waals surface area contributed by atoms with Gasteiger partial charge in [0.15, 0.2) is 5.41 Å². The first-order valence-electron chi connectivity index (χ1n) is 12.2. The van der Waals surface area contributed by atoms with E-state index in [9.17, 15) is 19.8 Å². The zero-order valence-electron chi connectivity index (χ0n) is 22.0. The minimum absolute atomic E-state index is 0.0331. The molecule has 2 rings (SSSR count). The van der Waals surface area contributed by atoms with E-state index in [4.69, 9.17) is 0 Å². The van der Waals surface area contributed by atoms with Crippen molar-refractivity contribution in [1.29, 1.82) is 0 Å². The molecule has 0 bridgehead atoms. The molecule has 33 heavy (non-hydrogen) atoms. The Balaban J connectivity index is 2.58. The highest BCUT2D eigenvalue weighted by atomic mass is 16.4. The van der Waals surface area contributed by atoms with Crippen molar-refractivity contribution in [2.45, 2.75) is 116 Å². The van der Waals surface area contributed by atoms with Crippen molar-refractivity contribution >= 4 is 11.9 Å². The fourth-order valence-electron chi connectivity index (χ4n) is 6.85. The van der Waals surface area contributed by atoms with Crippen molar-refractivity contribution in [2.24, 2.45) is 17.3 Å². The summed E-state index contributed by atoms with van der Waals surface area (Å²) in [4.78, 5) is 24.3. The average Bonchev–Trinajstić information content (AvgIpc) is 2.54. The van der Waals surface area contributed by atoms with Gasteiger partial charge in [-0.3, -0.25) is 9.59 Å². The molecule has 0 aromatic heterocycles. The van der Waals surface area contributed by atoms with Gasteiger partial charge in [0.05, 0.1) is 0 Å². The number of hydrogen-bond donors (Lipinski definition) is 4. The van der Waals surface area contributed by atoms with Crippen LogP contribution in [0.2, 0.25) is 0 Å². The molecule has 0 aliphatic carbocycles. The van der Waals surface area contributed by atoms with Gasteiger partial charge in [-0.05, 0) is 106 Å². The minimum atomic E-state index is -1.89. The van der Waals surface area contributed by atoms with Gasteiger partial charge >= 0.3 is 11.9 Å². The van der Waals surface area contributed by atoms with Crippen LogP contribution in [-0.2, 0) is 9.59 Å². The third-order valence-electron chi connectivity index (χ3n) is 7.32. The second kappa shape index (κ2) is 9.18. The number of carbonyl (C=O) groups is 2. The predicted molar refractivity (Wildman–Crippen MR) is 133 cm³/mol. The summed E-state index contributed by atoms with van der Waals surface area (Å²) >= 11 is 0. The standard InChI is InChI=1S/C27H46N2O4/c1-10-12-27(21(30)31,22(32)33)13-11-20(18-14-23(2,3)28-24(4,5)15-18)19-16-25(6,7)29-26(8,9)17-19/h10-11,18-19,28-29H,1,12-17H2,2-9H3,(H,30,31)(H,32,33). The van der Waals surface area contributed by atoms with Crippen molar-refractivity contribution < 1.29 is 19.8 Å². The van der Waals surface area contributed by atoms with E-state index in [1.165, 1.54) is 11.6 Å². The highest BCUT2D eigenvalue weighted by Gasteiger charge is 2.47. The smallest absolute Gasteiger partial charge is 0.321 e. The van der Waals surface area contributed by atoms with Gasteiger partial charge in [0, 0.05) is 22.2 Å². The molecule has 188 valence electrons. The Morgan fingerprint density at radius 1 is 0.788 bits per heavy atom. The molecule has 2 fully saturated rings. The van der Waals surface area contributed by atoms with Gasteiger partial charge in [-0.15, -0.1) is 6.58 Å². The summed E-state index contributed by atoms with van der Waals surface area (Å²) < 4.78 is 0. The highest BCUT2D eigenvalue weighted by Crippen LogP contribution is 2.46. The van der Waals surface area contributed by atoms with Crippen LogP contribution in [-0.4, -0.2) is 44.3 Å². The Bertz CT molecular complexity index is 721. The molecule has 2 aliphatic heterocycles. The molecule has 0 aromatic rings. The highest BCUT2D eigenvalue weighted by molar-refractivity contribution is 5.98. The first kappa shape index (κ1) is 27.6. The Morgan fingerprint density at radius 3 is 1.39 bits per heavy atom. The fraction of sp³-hybridized carbons (Fsp3) is 0.778. The van der Waals surface area contributed by atoms with Gasteiger partial charge in [0.25, 0.3) is 0 Å². The van der Waals surface area contributed by atoms with E-state index in [-0.39, 0.29) is 46.8 Å². The monoisotopic (exact) mass is 462 g/mol. The second-order valence-electron chi connectivity index (χ2n) is 13.1. The molecule has 0 saturated carbocycles. The first-order chi connectivity index (χ1) is 14.8. The Morgan fingerprint density at radius 2 is 1.12 bits per heavy atom. The lowest BCUT2D eigenvalue weighted by molar-refractivity contribution is -0.164. The van der Waals surface area contributed by atoms with E-state index in [0.717, 1.165) is 25.7 Å². The Labute approximate surface area is 200 Å². The lowest BCUT2D eigenvalue weighted by atomic mass is 9.64. The molecule has 0 atom stereocenters. The molecule has 6 nitrogen and oxygen atoms in total. The molecule has 0 aromatic carbocycles. The summed E-state index contributed by atoms with van der Waals surface area (Å²) in [6.45, 7) is 21.3. The molecule has 6 heteroatoms. The molecular formula is C27H46N2O4. The summed E-state index contributed by atoms with van der Waals surface area (Å²) in [5.74, 6) is -2.09. The van der Waals surface area contributed by atoms with E-state index in [2.05, 4.69) is 72.6 Å². The van der Waals surface area contributed by atoms with E-state index in [0.29, 0.717) is 0 Å². The number of nitrogens with one attached hydrogen (secondary N) is 2. The van der Waals surface area contributed by atoms with Crippen molar-refractivity contribution in [3.05, 3.63) is 24.3 Å². The van der Waals surface area contributed by atoms with Gasteiger partial charge < -0.3 is 20.8 Å². The fourth-order valence-corrected chi connectivity index (χ4v) is 6.85.